The molecular formula is C21H25N3O4S. The number of hydrogen-bond acceptors (Lipinski definition) is 4. The van der Waals surface area contributed by atoms with E-state index in [0.29, 0.717) is 16.8 Å². The minimum absolute atomic E-state index is 0.00130. The van der Waals surface area contributed by atoms with Crippen LogP contribution in [-0.2, 0) is 14.8 Å². The Morgan fingerprint density at radius 3 is 2.31 bits per heavy atom. The maximum Gasteiger partial charge on any atom is 0.343 e. The first-order valence-corrected chi connectivity index (χ1v) is 10.9. The summed E-state index contributed by atoms with van der Waals surface area (Å²) in [7, 11) is -4.12. The minimum atomic E-state index is -4.12. The van der Waals surface area contributed by atoms with Gasteiger partial charge in [0.05, 0.1) is 11.4 Å². The third-order valence-corrected chi connectivity index (χ3v) is 6.76. The lowest BCUT2D eigenvalue weighted by Crippen LogP contribution is -2.54. The summed E-state index contributed by atoms with van der Waals surface area (Å²) in [5, 5.41) is 2.83. The van der Waals surface area contributed by atoms with Crippen molar-refractivity contribution >= 4 is 33.3 Å². The van der Waals surface area contributed by atoms with Crippen molar-refractivity contribution in [3.8, 4) is 0 Å². The third-order valence-electron chi connectivity index (χ3n) is 5.04. The fourth-order valence-corrected chi connectivity index (χ4v) is 5.10. The molecular weight excluding hydrogens is 390 g/mol. The number of carbonyl (C=O) groups is 2. The van der Waals surface area contributed by atoms with Gasteiger partial charge in [-0.15, -0.1) is 0 Å². The monoisotopic (exact) mass is 415 g/mol. The molecule has 1 atom stereocenters. The Morgan fingerprint density at radius 1 is 1.07 bits per heavy atom. The summed E-state index contributed by atoms with van der Waals surface area (Å²) in [6.45, 7) is 7.06. The molecule has 29 heavy (non-hydrogen) atoms. The van der Waals surface area contributed by atoms with Crippen LogP contribution in [0.4, 0.5) is 16.2 Å². The van der Waals surface area contributed by atoms with Gasteiger partial charge in [-0.3, -0.25) is 9.69 Å². The van der Waals surface area contributed by atoms with Crippen molar-refractivity contribution in [2.75, 3.05) is 15.7 Å². The van der Waals surface area contributed by atoms with E-state index in [1.165, 1.54) is 11.0 Å². The van der Waals surface area contributed by atoms with Crippen LogP contribution in [0.2, 0.25) is 0 Å². The molecule has 0 saturated heterocycles. The van der Waals surface area contributed by atoms with Crippen molar-refractivity contribution in [3.05, 3.63) is 53.6 Å². The van der Waals surface area contributed by atoms with Crippen molar-refractivity contribution in [1.82, 2.24) is 5.32 Å². The highest BCUT2D eigenvalue weighted by molar-refractivity contribution is 7.94. The van der Waals surface area contributed by atoms with Gasteiger partial charge in [0.25, 0.3) is 10.0 Å². The first-order valence-electron chi connectivity index (χ1n) is 9.50. The number of hydrogen-bond donors (Lipinski definition) is 1. The molecule has 0 saturated carbocycles. The molecule has 0 fully saturated rings. The summed E-state index contributed by atoms with van der Waals surface area (Å²) >= 11 is 0. The van der Waals surface area contributed by atoms with Crippen molar-refractivity contribution in [1.29, 1.82) is 0 Å². The van der Waals surface area contributed by atoms with Crippen LogP contribution in [0, 0.1) is 13.8 Å². The highest BCUT2D eigenvalue weighted by Gasteiger charge is 2.44. The number of anilines is 2. The van der Waals surface area contributed by atoms with E-state index in [0.717, 1.165) is 10.7 Å². The van der Waals surface area contributed by atoms with E-state index in [1.54, 1.807) is 50.2 Å². The van der Waals surface area contributed by atoms with Gasteiger partial charge in [0.15, 0.2) is 0 Å². The second-order valence-corrected chi connectivity index (χ2v) is 8.98. The molecule has 2 aromatic rings. The number of nitrogens with one attached hydrogen (secondary N) is 1. The topological polar surface area (TPSA) is 86.8 Å². The van der Waals surface area contributed by atoms with Crippen molar-refractivity contribution in [3.63, 3.8) is 0 Å². The Kier molecular flexibility index (Phi) is 5.66. The third kappa shape index (κ3) is 3.72. The Labute approximate surface area is 171 Å². The van der Waals surface area contributed by atoms with E-state index < -0.39 is 16.1 Å². The zero-order valence-corrected chi connectivity index (χ0v) is 17.8. The summed E-state index contributed by atoms with van der Waals surface area (Å²) in [5.74, 6) is -0.344. The predicted octanol–water partition coefficient (Wildman–Crippen LogP) is 3.35. The molecule has 1 aliphatic rings. The van der Waals surface area contributed by atoms with E-state index in [1.807, 2.05) is 13.8 Å². The molecule has 0 radical (unpaired) electrons. The molecule has 3 rings (SSSR count). The molecule has 1 N–H and O–H groups in total. The normalized spacial score (nSPS) is 16.3. The fourth-order valence-electron chi connectivity index (χ4n) is 3.37. The first kappa shape index (κ1) is 20.9. The summed E-state index contributed by atoms with van der Waals surface area (Å²) in [6.07, 6.45) is 0.749. The summed E-state index contributed by atoms with van der Waals surface area (Å²) in [4.78, 5) is 27.1. The van der Waals surface area contributed by atoms with Gasteiger partial charge in [-0.1, -0.05) is 37.3 Å². The highest BCUT2D eigenvalue weighted by atomic mass is 32.2. The Bertz CT molecular complexity index is 1050. The van der Waals surface area contributed by atoms with Crippen LogP contribution in [0.5, 0.6) is 0 Å². The van der Waals surface area contributed by atoms with E-state index in [-0.39, 0.29) is 29.1 Å². The molecule has 1 heterocycles. The smallest absolute Gasteiger partial charge is 0.343 e. The van der Waals surface area contributed by atoms with Crippen LogP contribution < -0.4 is 14.5 Å². The molecule has 3 amide bonds. The molecule has 0 spiro atoms. The molecule has 0 unspecified atom stereocenters. The van der Waals surface area contributed by atoms with Crippen LogP contribution in [-0.4, -0.2) is 32.9 Å². The number of aryl methyl sites for hydroxylation is 2. The number of benzene rings is 2. The van der Waals surface area contributed by atoms with Crippen molar-refractivity contribution < 1.29 is 18.0 Å². The minimum Gasteiger partial charge on any atom is -0.352 e. The average Bonchev–Trinajstić information content (AvgIpc) is 2.67. The number of carbonyl (C=O) groups excluding carboxylic acids is 2. The molecule has 0 bridgehead atoms. The number of urea groups is 1. The molecule has 154 valence electrons. The molecule has 7 nitrogen and oxygen atoms in total. The van der Waals surface area contributed by atoms with Gasteiger partial charge in [-0.2, -0.15) is 4.31 Å². The second-order valence-electron chi connectivity index (χ2n) is 7.22. The maximum atomic E-state index is 13.4. The average molecular weight is 416 g/mol. The molecule has 1 aliphatic heterocycles. The Hall–Kier alpha value is -2.87. The van der Waals surface area contributed by atoms with Crippen molar-refractivity contribution in [2.24, 2.45) is 0 Å². The lowest BCUT2D eigenvalue weighted by atomic mass is 10.1. The van der Waals surface area contributed by atoms with Crippen LogP contribution in [0.3, 0.4) is 0 Å². The number of nitrogens with zero attached hydrogens (tertiary/aromatic N) is 2. The SMILES string of the molecule is CC[C@@H](C)NC(=O)CN1C(=O)N(c2c(C)cccc2C)S(=O)(=O)c2ccccc21. The van der Waals surface area contributed by atoms with Gasteiger partial charge in [0.1, 0.15) is 11.4 Å². The van der Waals surface area contributed by atoms with Gasteiger partial charge in [0.2, 0.25) is 5.91 Å². The van der Waals surface area contributed by atoms with Crippen molar-refractivity contribution in [2.45, 2.75) is 45.1 Å². The van der Waals surface area contributed by atoms with Gasteiger partial charge >= 0.3 is 6.03 Å². The van der Waals surface area contributed by atoms with Crippen LogP contribution in [0.15, 0.2) is 47.4 Å². The molecule has 0 aromatic heterocycles. The summed E-state index contributed by atoms with van der Waals surface area (Å²) < 4.78 is 27.5. The van der Waals surface area contributed by atoms with Gasteiger partial charge < -0.3 is 5.32 Å². The lowest BCUT2D eigenvalue weighted by molar-refractivity contribution is -0.120. The predicted molar refractivity (Wildman–Crippen MR) is 113 cm³/mol. The Balaban J connectivity index is 2.13. The number of rotatable bonds is 5. The number of sulfonamides is 1. The van der Waals surface area contributed by atoms with E-state index in [9.17, 15) is 18.0 Å². The lowest BCUT2D eigenvalue weighted by Gasteiger charge is -2.37. The van der Waals surface area contributed by atoms with E-state index >= 15 is 0 Å². The number of fused-ring (bicyclic) bond motifs is 1. The largest absolute Gasteiger partial charge is 0.352 e. The molecule has 0 aliphatic carbocycles. The summed E-state index contributed by atoms with van der Waals surface area (Å²) in [5.41, 5.74) is 1.84. The molecule has 8 heteroatoms. The van der Waals surface area contributed by atoms with Gasteiger partial charge in [-0.25, -0.2) is 13.2 Å². The zero-order valence-electron chi connectivity index (χ0n) is 17.0. The van der Waals surface area contributed by atoms with E-state index in [2.05, 4.69) is 5.32 Å². The number of para-hydroxylation sites is 2. The van der Waals surface area contributed by atoms with Crippen LogP contribution >= 0.6 is 0 Å². The first-order chi connectivity index (χ1) is 13.7. The highest BCUT2D eigenvalue weighted by Crippen LogP contribution is 2.39. The standard InChI is InChI=1S/C21H25N3O4S/c1-5-16(4)22-19(25)13-23-17-11-6-7-12-18(17)29(27,28)24(21(23)26)20-14(2)9-8-10-15(20)3/h6-12,16H,5,13H2,1-4H3,(H,22,25)/t16-/m1/s1. The molecule has 2 aromatic carbocycles. The van der Waals surface area contributed by atoms with Gasteiger partial charge in [0, 0.05) is 6.04 Å². The van der Waals surface area contributed by atoms with Gasteiger partial charge in [-0.05, 0) is 50.5 Å². The van der Waals surface area contributed by atoms with E-state index in [4.69, 9.17) is 0 Å². The Morgan fingerprint density at radius 2 is 1.69 bits per heavy atom. The second kappa shape index (κ2) is 7.87. The van der Waals surface area contributed by atoms with Crippen LogP contribution in [0.1, 0.15) is 31.4 Å². The summed E-state index contributed by atoms with van der Waals surface area (Å²) in [6, 6.07) is 10.8. The number of amides is 3. The quantitative estimate of drug-likeness (QED) is 0.811. The fraction of sp³-hybridized carbons (Fsp3) is 0.333. The van der Waals surface area contributed by atoms with Crippen LogP contribution in [0.25, 0.3) is 0 Å². The zero-order chi connectivity index (χ0) is 21.3. The maximum absolute atomic E-state index is 13.4.